The van der Waals surface area contributed by atoms with Crippen molar-refractivity contribution in [3.05, 3.63) is 0 Å². The molecule has 3 nitrogen and oxygen atoms in total. The molecule has 0 aromatic rings. The molecule has 1 atom stereocenters. The van der Waals surface area contributed by atoms with Gasteiger partial charge in [0.1, 0.15) is 0 Å². The van der Waals surface area contributed by atoms with Crippen molar-refractivity contribution in [2.45, 2.75) is 51.1 Å². The lowest BCUT2D eigenvalue weighted by Gasteiger charge is -2.35. The largest absolute Gasteiger partial charge is 0.352 e. The summed E-state index contributed by atoms with van der Waals surface area (Å²) in [4.78, 5) is 11.1. The highest BCUT2D eigenvalue weighted by Crippen LogP contribution is 2.26. The van der Waals surface area contributed by atoms with E-state index in [9.17, 15) is 4.79 Å². The summed E-state index contributed by atoms with van der Waals surface area (Å²) in [5.41, 5.74) is 0. The molecule has 1 amide bonds. The van der Waals surface area contributed by atoms with Crippen LogP contribution < -0.4 is 10.6 Å². The van der Waals surface area contributed by atoms with Gasteiger partial charge in [0.15, 0.2) is 0 Å². The average molecular weight is 196 g/mol. The van der Waals surface area contributed by atoms with Crippen LogP contribution in [0, 0.1) is 5.92 Å². The van der Waals surface area contributed by atoms with Crippen LogP contribution in [0.15, 0.2) is 0 Å². The summed E-state index contributed by atoms with van der Waals surface area (Å²) in [6.07, 6.45) is 5.53. The van der Waals surface area contributed by atoms with E-state index < -0.39 is 0 Å². The summed E-state index contributed by atoms with van der Waals surface area (Å²) < 4.78 is 0. The Balaban J connectivity index is 1.62. The summed E-state index contributed by atoms with van der Waals surface area (Å²) in [6.45, 7) is 3.25. The molecule has 0 spiro atoms. The van der Waals surface area contributed by atoms with Gasteiger partial charge in [0.05, 0.1) is 0 Å². The fourth-order valence-electron chi connectivity index (χ4n) is 2.41. The summed E-state index contributed by atoms with van der Waals surface area (Å²) in [5, 5.41) is 6.55. The van der Waals surface area contributed by atoms with Gasteiger partial charge in [-0.15, -0.1) is 0 Å². The van der Waals surface area contributed by atoms with Gasteiger partial charge in [-0.3, -0.25) is 4.79 Å². The summed E-state index contributed by atoms with van der Waals surface area (Å²) in [7, 11) is 0. The molecule has 1 saturated heterocycles. The molecule has 14 heavy (non-hydrogen) atoms. The first kappa shape index (κ1) is 9.97. The molecule has 3 heteroatoms. The molecule has 1 aliphatic carbocycles. The van der Waals surface area contributed by atoms with Crippen LogP contribution in [0.5, 0.6) is 0 Å². The van der Waals surface area contributed by atoms with Gasteiger partial charge in [-0.2, -0.15) is 0 Å². The Bertz CT molecular complexity index is 211. The van der Waals surface area contributed by atoms with Crippen molar-refractivity contribution in [2.75, 3.05) is 6.54 Å². The zero-order chi connectivity index (χ0) is 9.97. The van der Waals surface area contributed by atoms with Crippen LogP contribution in [0.2, 0.25) is 0 Å². The summed E-state index contributed by atoms with van der Waals surface area (Å²) in [6, 6.07) is 1.09. The van der Waals surface area contributed by atoms with Crippen LogP contribution in [-0.2, 0) is 4.79 Å². The third kappa shape index (κ3) is 2.47. The van der Waals surface area contributed by atoms with E-state index in [1.54, 1.807) is 0 Å². The van der Waals surface area contributed by atoms with Crippen LogP contribution in [0.25, 0.3) is 0 Å². The number of nitrogens with one attached hydrogen (secondary N) is 2. The van der Waals surface area contributed by atoms with Crippen molar-refractivity contribution in [1.29, 1.82) is 0 Å². The highest BCUT2D eigenvalue weighted by Gasteiger charge is 2.26. The molecule has 2 N–H and O–H groups in total. The molecule has 0 aromatic heterocycles. The molecule has 1 saturated carbocycles. The van der Waals surface area contributed by atoms with Gasteiger partial charge in [0, 0.05) is 25.0 Å². The number of amides is 1. The van der Waals surface area contributed by atoms with Crippen molar-refractivity contribution < 1.29 is 4.79 Å². The summed E-state index contributed by atoms with van der Waals surface area (Å²) >= 11 is 0. The molecule has 2 aliphatic rings. The average Bonchev–Trinajstić information content (AvgIpc) is 2.11. The number of piperidine rings is 1. The molecule has 1 unspecified atom stereocenters. The van der Waals surface area contributed by atoms with E-state index in [2.05, 4.69) is 17.6 Å². The Morgan fingerprint density at radius 3 is 2.93 bits per heavy atom. The van der Waals surface area contributed by atoms with Crippen molar-refractivity contribution in [2.24, 2.45) is 5.92 Å². The second kappa shape index (κ2) is 4.30. The summed E-state index contributed by atoms with van der Waals surface area (Å²) in [5.74, 6) is 1.12. The third-order valence-electron chi connectivity index (χ3n) is 3.35. The lowest BCUT2D eigenvalue weighted by atomic mass is 9.82. The normalized spacial score (nSPS) is 37.5. The van der Waals surface area contributed by atoms with Gasteiger partial charge in [-0.25, -0.2) is 0 Å². The minimum absolute atomic E-state index is 0.227. The van der Waals surface area contributed by atoms with E-state index in [1.807, 2.05) is 0 Å². The highest BCUT2D eigenvalue weighted by atomic mass is 16.1. The molecule has 0 aromatic carbocycles. The lowest BCUT2D eigenvalue weighted by molar-refractivity contribution is -0.123. The molecular formula is C11H20N2O. The quantitative estimate of drug-likeness (QED) is 0.708. The maximum atomic E-state index is 11.1. The first-order chi connectivity index (χ1) is 6.74. The SMILES string of the molecule is CC1CC(NCC2CCCC(=O)N2)C1. The number of carbonyl (C=O) groups is 1. The molecule has 1 heterocycles. The number of hydrogen-bond donors (Lipinski definition) is 2. The Labute approximate surface area is 85.6 Å². The third-order valence-corrected chi connectivity index (χ3v) is 3.35. The van der Waals surface area contributed by atoms with Gasteiger partial charge < -0.3 is 10.6 Å². The van der Waals surface area contributed by atoms with Gasteiger partial charge in [-0.1, -0.05) is 6.92 Å². The van der Waals surface area contributed by atoms with Gasteiger partial charge >= 0.3 is 0 Å². The zero-order valence-corrected chi connectivity index (χ0v) is 8.88. The monoisotopic (exact) mass is 196 g/mol. The van der Waals surface area contributed by atoms with Crippen LogP contribution in [0.3, 0.4) is 0 Å². The van der Waals surface area contributed by atoms with Gasteiger partial charge in [0.25, 0.3) is 0 Å². The second-order valence-electron chi connectivity index (χ2n) is 4.84. The molecule has 2 fully saturated rings. The molecule has 80 valence electrons. The first-order valence-corrected chi connectivity index (χ1v) is 5.77. The maximum absolute atomic E-state index is 11.1. The number of rotatable bonds is 3. The molecule has 0 bridgehead atoms. The van der Waals surface area contributed by atoms with Crippen molar-refractivity contribution in [3.8, 4) is 0 Å². The predicted octanol–water partition coefficient (Wildman–Crippen LogP) is 1.04. The van der Waals surface area contributed by atoms with Crippen LogP contribution >= 0.6 is 0 Å². The van der Waals surface area contributed by atoms with E-state index >= 15 is 0 Å². The van der Waals surface area contributed by atoms with Crippen molar-refractivity contribution in [3.63, 3.8) is 0 Å². The van der Waals surface area contributed by atoms with E-state index in [1.165, 1.54) is 12.8 Å². The van der Waals surface area contributed by atoms with E-state index in [0.29, 0.717) is 12.1 Å². The Kier molecular flexibility index (Phi) is 3.06. The Morgan fingerprint density at radius 1 is 1.50 bits per heavy atom. The Morgan fingerprint density at radius 2 is 2.29 bits per heavy atom. The number of carbonyl (C=O) groups excluding carboxylic acids is 1. The first-order valence-electron chi connectivity index (χ1n) is 5.77. The van der Waals surface area contributed by atoms with Crippen LogP contribution in [-0.4, -0.2) is 24.5 Å². The molecule has 1 aliphatic heterocycles. The smallest absolute Gasteiger partial charge is 0.220 e. The highest BCUT2D eigenvalue weighted by molar-refractivity contribution is 5.76. The van der Waals surface area contributed by atoms with E-state index in [0.717, 1.165) is 31.7 Å². The minimum Gasteiger partial charge on any atom is -0.352 e. The molecule has 0 radical (unpaired) electrons. The number of hydrogen-bond acceptors (Lipinski definition) is 2. The van der Waals surface area contributed by atoms with Gasteiger partial charge in [0.2, 0.25) is 5.91 Å². The maximum Gasteiger partial charge on any atom is 0.220 e. The van der Waals surface area contributed by atoms with Gasteiger partial charge in [-0.05, 0) is 31.6 Å². The fourth-order valence-corrected chi connectivity index (χ4v) is 2.41. The van der Waals surface area contributed by atoms with Crippen molar-refractivity contribution >= 4 is 5.91 Å². The fraction of sp³-hybridized carbons (Fsp3) is 0.909. The van der Waals surface area contributed by atoms with Crippen LogP contribution in [0.4, 0.5) is 0 Å². The topological polar surface area (TPSA) is 41.1 Å². The predicted molar refractivity (Wildman–Crippen MR) is 56.0 cm³/mol. The lowest BCUT2D eigenvalue weighted by Crippen LogP contribution is -2.49. The standard InChI is InChI=1S/C11H20N2O/c1-8-5-10(6-8)12-7-9-3-2-4-11(14)13-9/h8-10,12H,2-7H2,1H3,(H,13,14). The second-order valence-corrected chi connectivity index (χ2v) is 4.84. The van der Waals surface area contributed by atoms with E-state index in [-0.39, 0.29) is 5.91 Å². The van der Waals surface area contributed by atoms with Crippen molar-refractivity contribution in [1.82, 2.24) is 10.6 Å². The zero-order valence-electron chi connectivity index (χ0n) is 8.88. The Hall–Kier alpha value is -0.570. The molecule has 2 rings (SSSR count). The van der Waals surface area contributed by atoms with E-state index in [4.69, 9.17) is 0 Å². The molecular weight excluding hydrogens is 176 g/mol. The van der Waals surface area contributed by atoms with Crippen LogP contribution in [0.1, 0.15) is 39.0 Å². The minimum atomic E-state index is 0.227.